The Morgan fingerprint density at radius 1 is 1.04 bits per heavy atom. The first kappa shape index (κ1) is 16.4. The molecular formula is C21H18FN3O. The smallest absolute Gasteiger partial charge is 0.227 e. The van der Waals surface area contributed by atoms with Gasteiger partial charge >= 0.3 is 0 Å². The Hall–Kier alpha value is -3.08. The maximum Gasteiger partial charge on any atom is 0.227 e. The van der Waals surface area contributed by atoms with Gasteiger partial charge in [-0.2, -0.15) is 0 Å². The Morgan fingerprint density at radius 2 is 1.77 bits per heavy atom. The van der Waals surface area contributed by atoms with Crippen molar-refractivity contribution in [1.29, 1.82) is 0 Å². The number of rotatable bonds is 3. The van der Waals surface area contributed by atoms with E-state index in [1.807, 2.05) is 6.92 Å². The van der Waals surface area contributed by atoms with Gasteiger partial charge in [-0.05, 0) is 49.1 Å². The molecule has 130 valence electrons. The van der Waals surface area contributed by atoms with Crippen LogP contribution in [0.2, 0.25) is 0 Å². The van der Waals surface area contributed by atoms with E-state index >= 15 is 0 Å². The molecule has 4 rings (SSSR count). The van der Waals surface area contributed by atoms with Gasteiger partial charge in [0.15, 0.2) is 5.78 Å². The minimum absolute atomic E-state index is 0.0742. The number of aromatic nitrogens is 2. The number of fused-ring (bicyclic) bond motifs is 1. The van der Waals surface area contributed by atoms with Crippen molar-refractivity contribution in [2.24, 2.45) is 0 Å². The Morgan fingerprint density at radius 3 is 2.50 bits per heavy atom. The number of nitrogens with zero attached hydrogens (tertiary/aromatic N) is 2. The number of benzene rings is 2. The van der Waals surface area contributed by atoms with Crippen molar-refractivity contribution in [3.8, 4) is 0 Å². The second kappa shape index (κ2) is 6.67. The zero-order valence-electron chi connectivity index (χ0n) is 14.4. The Balaban J connectivity index is 1.60. The van der Waals surface area contributed by atoms with Gasteiger partial charge in [0.1, 0.15) is 5.82 Å². The minimum Gasteiger partial charge on any atom is -0.324 e. The number of hydrogen-bond acceptors (Lipinski definition) is 4. The lowest BCUT2D eigenvalue weighted by molar-refractivity contribution is 0.0962. The SMILES string of the molecule is Cc1ccc([C@@H]2CC(=O)c3cnc(Nc4ccc(F)cc4)nc3C2)cc1. The second-order valence-electron chi connectivity index (χ2n) is 6.62. The van der Waals surface area contributed by atoms with Gasteiger partial charge < -0.3 is 5.32 Å². The molecule has 0 fully saturated rings. The van der Waals surface area contributed by atoms with Crippen LogP contribution in [0.3, 0.4) is 0 Å². The summed E-state index contributed by atoms with van der Waals surface area (Å²) in [6, 6.07) is 14.3. The van der Waals surface area contributed by atoms with E-state index in [1.54, 1.807) is 18.3 Å². The van der Waals surface area contributed by atoms with Crippen molar-refractivity contribution >= 4 is 17.4 Å². The van der Waals surface area contributed by atoms with Crippen molar-refractivity contribution in [3.63, 3.8) is 0 Å². The highest BCUT2D eigenvalue weighted by molar-refractivity contribution is 5.98. The molecule has 0 saturated heterocycles. The van der Waals surface area contributed by atoms with E-state index in [0.717, 1.165) is 11.3 Å². The molecule has 0 radical (unpaired) electrons. The molecule has 0 amide bonds. The zero-order valence-corrected chi connectivity index (χ0v) is 14.4. The molecule has 1 aliphatic carbocycles. The van der Waals surface area contributed by atoms with Crippen LogP contribution < -0.4 is 5.32 Å². The van der Waals surface area contributed by atoms with Gasteiger partial charge in [0, 0.05) is 18.3 Å². The first-order valence-electron chi connectivity index (χ1n) is 8.57. The Bertz CT molecular complexity index is 952. The Labute approximate surface area is 151 Å². The predicted octanol–water partition coefficient (Wildman–Crippen LogP) is 4.58. The van der Waals surface area contributed by atoms with Crippen LogP contribution in [0.1, 0.15) is 39.5 Å². The fourth-order valence-corrected chi connectivity index (χ4v) is 3.24. The summed E-state index contributed by atoms with van der Waals surface area (Å²) in [7, 11) is 0. The predicted molar refractivity (Wildman–Crippen MR) is 98.3 cm³/mol. The lowest BCUT2D eigenvalue weighted by atomic mass is 9.82. The zero-order chi connectivity index (χ0) is 18.1. The summed E-state index contributed by atoms with van der Waals surface area (Å²) in [4.78, 5) is 21.3. The lowest BCUT2D eigenvalue weighted by Crippen LogP contribution is -2.21. The van der Waals surface area contributed by atoms with Crippen LogP contribution in [0.25, 0.3) is 0 Å². The average molecular weight is 347 g/mol. The number of carbonyl (C=O) groups is 1. The van der Waals surface area contributed by atoms with Gasteiger partial charge in [-0.1, -0.05) is 29.8 Å². The van der Waals surface area contributed by atoms with Gasteiger partial charge in [-0.3, -0.25) is 4.79 Å². The third kappa shape index (κ3) is 3.33. The van der Waals surface area contributed by atoms with Crippen molar-refractivity contribution in [3.05, 3.63) is 82.9 Å². The number of carbonyl (C=O) groups excluding carboxylic acids is 1. The second-order valence-corrected chi connectivity index (χ2v) is 6.62. The van der Waals surface area contributed by atoms with E-state index in [9.17, 15) is 9.18 Å². The molecule has 0 unspecified atom stereocenters. The topological polar surface area (TPSA) is 54.9 Å². The largest absolute Gasteiger partial charge is 0.324 e. The van der Waals surface area contributed by atoms with E-state index in [0.29, 0.717) is 30.0 Å². The van der Waals surface area contributed by atoms with Gasteiger partial charge in [-0.15, -0.1) is 0 Å². The molecule has 26 heavy (non-hydrogen) atoms. The lowest BCUT2D eigenvalue weighted by Gasteiger charge is -2.23. The van der Waals surface area contributed by atoms with Crippen LogP contribution in [-0.4, -0.2) is 15.8 Å². The van der Waals surface area contributed by atoms with Gasteiger partial charge in [0.25, 0.3) is 0 Å². The highest BCUT2D eigenvalue weighted by atomic mass is 19.1. The van der Waals surface area contributed by atoms with E-state index in [4.69, 9.17) is 0 Å². The highest BCUT2D eigenvalue weighted by Gasteiger charge is 2.28. The molecule has 5 heteroatoms. The van der Waals surface area contributed by atoms with Crippen LogP contribution in [-0.2, 0) is 6.42 Å². The number of anilines is 2. The van der Waals surface area contributed by atoms with Crippen molar-refractivity contribution < 1.29 is 9.18 Å². The van der Waals surface area contributed by atoms with Crippen LogP contribution in [0.15, 0.2) is 54.7 Å². The van der Waals surface area contributed by atoms with Crippen LogP contribution in [0.4, 0.5) is 16.0 Å². The molecule has 0 bridgehead atoms. The average Bonchev–Trinajstić information content (AvgIpc) is 2.64. The molecule has 1 aromatic heterocycles. The molecule has 1 aliphatic rings. The summed E-state index contributed by atoms with van der Waals surface area (Å²) in [6.45, 7) is 2.05. The number of hydrogen-bond donors (Lipinski definition) is 1. The first-order valence-corrected chi connectivity index (χ1v) is 8.57. The minimum atomic E-state index is -0.298. The summed E-state index contributed by atoms with van der Waals surface area (Å²) in [5.41, 5.74) is 4.40. The van der Waals surface area contributed by atoms with E-state index in [1.165, 1.54) is 17.7 Å². The fraction of sp³-hybridized carbons (Fsp3) is 0.190. The summed E-state index contributed by atoms with van der Waals surface area (Å²) < 4.78 is 13.0. The molecule has 0 saturated carbocycles. The normalized spacial score (nSPS) is 16.2. The molecule has 1 atom stereocenters. The van der Waals surface area contributed by atoms with E-state index in [2.05, 4.69) is 39.6 Å². The summed E-state index contributed by atoms with van der Waals surface area (Å²) in [6.07, 6.45) is 2.76. The molecule has 4 nitrogen and oxygen atoms in total. The van der Waals surface area contributed by atoms with Gasteiger partial charge in [0.2, 0.25) is 5.95 Å². The van der Waals surface area contributed by atoms with Crippen LogP contribution in [0, 0.1) is 12.7 Å². The molecule has 0 spiro atoms. The third-order valence-electron chi connectivity index (χ3n) is 4.69. The first-order chi connectivity index (χ1) is 12.6. The summed E-state index contributed by atoms with van der Waals surface area (Å²) >= 11 is 0. The summed E-state index contributed by atoms with van der Waals surface area (Å²) in [5.74, 6) is 0.315. The van der Waals surface area contributed by atoms with E-state index < -0.39 is 0 Å². The monoisotopic (exact) mass is 347 g/mol. The van der Waals surface area contributed by atoms with Crippen molar-refractivity contribution in [2.75, 3.05) is 5.32 Å². The van der Waals surface area contributed by atoms with Crippen LogP contribution >= 0.6 is 0 Å². The van der Waals surface area contributed by atoms with Crippen molar-refractivity contribution in [2.45, 2.75) is 25.7 Å². The maximum absolute atomic E-state index is 13.0. The molecule has 1 N–H and O–H groups in total. The quantitative estimate of drug-likeness (QED) is 0.753. The van der Waals surface area contributed by atoms with E-state index in [-0.39, 0.29) is 17.5 Å². The standard InChI is InChI=1S/C21H18FN3O/c1-13-2-4-14(5-3-13)15-10-19-18(20(26)11-15)12-23-21(25-19)24-17-8-6-16(22)7-9-17/h2-9,12,15H,10-11H2,1H3,(H,23,24,25)/t15-/m0/s1. The number of Topliss-reactive ketones (excluding diaryl/α,β-unsaturated/α-hetero) is 1. The number of ketones is 1. The van der Waals surface area contributed by atoms with Crippen LogP contribution in [0.5, 0.6) is 0 Å². The third-order valence-corrected chi connectivity index (χ3v) is 4.69. The van der Waals surface area contributed by atoms with Gasteiger partial charge in [-0.25, -0.2) is 14.4 Å². The Kier molecular flexibility index (Phi) is 4.21. The highest BCUT2D eigenvalue weighted by Crippen LogP contribution is 2.32. The molecule has 2 aromatic carbocycles. The molecular weight excluding hydrogens is 329 g/mol. The number of aryl methyl sites for hydroxylation is 1. The molecule has 0 aliphatic heterocycles. The number of nitrogens with one attached hydrogen (secondary N) is 1. The molecule has 1 heterocycles. The maximum atomic E-state index is 13.0. The van der Waals surface area contributed by atoms with Gasteiger partial charge in [0.05, 0.1) is 11.3 Å². The molecule has 3 aromatic rings. The summed E-state index contributed by atoms with van der Waals surface area (Å²) in [5, 5.41) is 3.06. The van der Waals surface area contributed by atoms with Crippen molar-refractivity contribution in [1.82, 2.24) is 9.97 Å². The fourth-order valence-electron chi connectivity index (χ4n) is 3.24. The number of halogens is 1.